The Morgan fingerprint density at radius 3 is 2.18 bits per heavy atom. The highest BCUT2D eigenvalue weighted by Gasteiger charge is 2.31. The molecule has 0 unspecified atom stereocenters. The number of nitrogens with one attached hydrogen (secondary N) is 1. The Hall–Kier alpha value is -1.88. The van der Waals surface area contributed by atoms with Gasteiger partial charge in [0.1, 0.15) is 11.5 Å². The summed E-state index contributed by atoms with van der Waals surface area (Å²) in [6.07, 6.45) is -8.42. The number of halogens is 6. The van der Waals surface area contributed by atoms with Crippen molar-refractivity contribution in [2.24, 2.45) is 0 Å². The average molecular weight is 415 g/mol. The summed E-state index contributed by atoms with van der Waals surface area (Å²) in [5, 5.41) is 6.97. The monoisotopic (exact) mass is 415 g/mol. The SMILES string of the molecule is CCCN(c1ccc(OCC(F)(F)F)cc1OCC(F)(F)F)N1CCNCC1. The van der Waals surface area contributed by atoms with E-state index in [1.54, 1.807) is 5.01 Å². The molecular formula is C17H23F6N3O2. The standard InChI is InChI=1S/C17H23F6N3O2/c1-2-7-26(25-8-5-24-6-9-25)14-4-3-13(27-11-16(18,19)20)10-15(14)28-12-17(21,22)23/h3-4,10,24H,2,5-9,11-12H2,1H3. The number of hydrogen-bond acceptors (Lipinski definition) is 5. The van der Waals surface area contributed by atoms with Crippen LogP contribution < -0.4 is 19.8 Å². The van der Waals surface area contributed by atoms with E-state index in [0.717, 1.165) is 12.5 Å². The van der Waals surface area contributed by atoms with Crippen LogP contribution in [0.25, 0.3) is 0 Å². The summed E-state index contributed by atoms with van der Waals surface area (Å²) >= 11 is 0. The van der Waals surface area contributed by atoms with Crippen molar-refractivity contribution in [3.63, 3.8) is 0 Å². The van der Waals surface area contributed by atoms with Gasteiger partial charge in [-0.2, -0.15) is 26.3 Å². The summed E-state index contributed by atoms with van der Waals surface area (Å²) in [5.74, 6) is -0.390. The number of piperazine rings is 1. The number of ether oxygens (including phenoxy) is 2. The number of hydrazine groups is 1. The summed E-state index contributed by atoms with van der Waals surface area (Å²) in [6.45, 7) is 2.07. The smallest absolute Gasteiger partial charge is 0.422 e. The van der Waals surface area contributed by atoms with Crippen LogP contribution in [0.4, 0.5) is 32.0 Å². The van der Waals surface area contributed by atoms with Crippen molar-refractivity contribution in [3.05, 3.63) is 18.2 Å². The molecule has 1 aromatic carbocycles. The molecule has 0 aromatic heterocycles. The molecule has 0 aliphatic carbocycles. The highest BCUT2D eigenvalue weighted by atomic mass is 19.4. The Balaban J connectivity index is 2.29. The molecule has 5 nitrogen and oxygen atoms in total. The summed E-state index contributed by atoms with van der Waals surface area (Å²) in [7, 11) is 0. The zero-order valence-electron chi connectivity index (χ0n) is 15.4. The number of benzene rings is 1. The number of anilines is 1. The van der Waals surface area contributed by atoms with Crippen molar-refractivity contribution in [3.8, 4) is 11.5 Å². The Labute approximate surface area is 159 Å². The summed E-state index contributed by atoms with van der Waals surface area (Å²) in [5.41, 5.74) is 0.354. The Bertz CT molecular complexity index is 618. The Morgan fingerprint density at radius 1 is 1.00 bits per heavy atom. The molecule has 28 heavy (non-hydrogen) atoms. The van der Waals surface area contributed by atoms with Crippen molar-refractivity contribution < 1.29 is 35.8 Å². The molecule has 0 amide bonds. The highest BCUT2D eigenvalue weighted by Crippen LogP contribution is 2.35. The van der Waals surface area contributed by atoms with Crippen LogP contribution in [0.2, 0.25) is 0 Å². The topological polar surface area (TPSA) is 37.0 Å². The maximum Gasteiger partial charge on any atom is 0.422 e. The van der Waals surface area contributed by atoms with Gasteiger partial charge in [-0.3, -0.25) is 0 Å². The Kier molecular flexibility index (Phi) is 7.64. The van der Waals surface area contributed by atoms with Gasteiger partial charge in [-0.1, -0.05) is 6.92 Å². The van der Waals surface area contributed by atoms with E-state index in [2.05, 4.69) is 10.1 Å². The minimum absolute atomic E-state index is 0.177. The predicted molar refractivity (Wildman–Crippen MR) is 91.6 cm³/mol. The third kappa shape index (κ3) is 7.27. The lowest BCUT2D eigenvalue weighted by Crippen LogP contribution is -2.53. The summed E-state index contributed by atoms with van der Waals surface area (Å²) in [4.78, 5) is 0. The molecule has 1 aliphatic heterocycles. The highest BCUT2D eigenvalue weighted by molar-refractivity contribution is 5.60. The second-order valence-electron chi connectivity index (χ2n) is 6.26. The van der Waals surface area contributed by atoms with Crippen LogP contribution in [-0.4, -0.2) is 63.3 Å². The van der Waals surface area contributed by atoms with E-state index in [0.29, 0.717) is 38.4 Å². The van der Waals surface area contributed by atoms with Crippen molar-refractivity contribution in [1.29, 1.82) is 0 Å². The third-order valence-electron chi connectivity index (χ3n) is 3.87. The number of alkyl halides is 6. The van der Waals surface area contributed by atoms with Crippen molar-refractivity contribution in [2.75, 3.05) is 50.9 Å². The summed E-state index contributed by atoms with van der Waals surface area (Å²) in [6, 6.07) is 3.79. The molecule has 1 fully saturated rings. The maximum absolute atomic E-state index is 12.6. The zero-order valence-corrected chi connectivity index (χ0v) is 15.4. The molecule has 1 N–H and O–H groups in total. The minimum Gasteiger partial charge on any atom is -0.484 e. The lowest BCUT2D eigenvalue weighted by molar-refractivity contribution is -0.153. The first-order valence-corrected chi connectivity index (χ1v) is 8.85. The second-order valence-corrected chi connectivity index (χ2v) is 6.26. The molecule has 0 spiro atoms. The van der Waals surface area contributed by atoms with Crippen molar-refractivity contribution in [1.82, 2.24) is 10.3 Å². The van der Waals surface area contributed by atoms with E-state index >= 15 is 0 Å². The molecule has 0 radical (unpaired) electrons. The van der Waals surface area contributed by atoms with Crippen LogP contribution in [-0.2, 0) is 0 Å². The Morgan fingerprint density at radius 2 is 1.61 bits per heavy atom. The first kappa shape index (κ1) is 22.4. The van der Waals surface area contributed by atoms with Gasteiger partial charge >= 0.3 is 12.4 Å². The van der Waals surface area contributed by atoms with Gasteiger partial charge in [0.05, 0.1) is 5.69 Å². The molecule has 160 valence electrons. The van der Waals surface area contributed by atoms with E-state index in [1.165, 1.54) is 12.1 Å². The summed E-state index contributed by atoms with van der Waals surface area (Å²) < 4.78 is 84.6. The average Bonchev–Trinajstić information content (AvgIpc) is 2.62. The molecule has 1 aliphatic rings. The van der Waals surface area contributed by atoms with E-state index in [9.17, 15) is 26.3 Å². The van der Waals surface area contributed by atoms with Crippen molar-refractivity contribution >= 4 is 5.69 Å². The fraction of sp³-hybridized carbons (Fsp3) is 0.647. The number of nitrogens with zero attached hydrogens (tertiary/aromatic N) is 2. The van der Waals surface area contributed by atoms with Gasteiger partial charge in [0.2, 0.25) is 0 Å². The van der Waals surface area contributed by atoms with Crippen LogP contribution >= 0.6 is 0 Å². The van der Waals surface area contributed by atoms with E-state index in [1.807, 2.05) is 11.9 Å². The van der Waals surface area contributed by atoms with Gasteiger partial charge < -0.3 is 19.8 Å². The normalized spacial score (nSPS) is 16.1. The van der Waals surface area contributed by atoms with Gasteiger partial charge in [-0.25, -0.2) is 5.01 Å². The third-order valence-corrected chi connectivity index (χ3v) is 3.87. The molecule has 0 bridgehead atoms. The van der Waals surface area contributed by atoms with E-state index in [4.69, 9.17) is 4.74 Å². The number of rotatable bonds is 8. The van der Waals surface area contributed by atoms with Crippen LogP contribution in [0.5, 0.6) is 11.5 Å². The molecule has 1 aromatic rings. The van der Waals surface area contributed by atoms with Gasteiger partial charge in [-0.15, -0.1) is 0 Å². The predicted octanol–water partition coefficient (Wildman–Crippen LogP) is 3.61. The largest absolute Gasteiger partial charge is 0.484 e. The molecule has 0 saturated carbocycles. The molecule has 1 saturated heterocycles. The van der Waals surface area contributed by atoms with Crippen LogP contribution in [0.15, 0.2) is 18.2 Å². The minimum atomic E-state index is -4.58. The first-order chi connectivity index (χ1) is 13.1. The second kappa shape index (κ2) is 9.55. The van der Waals surface area contributed by atoms with E-state index in [-0.39, 0.29) is 11.5 Å². The zero-order chi connectivity index (χ0) is 20.8. The van der Waals surface area contributed by atoms with Crippen LogP contribution in [0.3, 0.4) is 0 Å². The quantitative estimate of drug-likeness (QED) is 0.657. The molecule has 11 heteroatoms. The molecule has 2 rings (SSSR count). The first-order valence-electron chi connectivity index (χ1n) is 8.85. The van der Waals surface area contributed by atoms with Crippen molar-refractivity contribution in [2.45, 2.75) is 25.7 Å². The van der Waals surface area contributed by atoms with Gasteiger partial charge in [0.25, 0.3) is 0 Å². The van der Waals surface area contributed by atoms with Crippen LogP contribution in [0.1, 0.15) is 13.3 Å². The number of hydrogen-bond donors (Lipinski definition) is 1. The molecular weight excluding hydrogens is 392 g/mol. The molecule has 0 atom stereocenters. The molecule has 1 heterocycles. The van der Waals surface area contributed by atoms with Crippen LogP contribution in [0, 0.1) is 0 Å². The fourth-order valence-corrected chi connectivity index (χ4v) is 2.76. The van der Waals surface area contributed by atoms with E-state index < -0.39 is 25.6 Å². The fourth-order valence-electron chi connectivity index (χ4n) is 2.76. The lowest BCUT2D eigenvalue weighted by Gasteiger charge is -2.39. The lowest BCUT2D eigenvalue weighted by atomic mass is 10.2. The maximum atomic E-state index is 12.6. The van der Waals surface area contributed by atoms with Gasteiger partial charge in [0.15, 0.2) is 13.2 Å². The van der Waals surface area contributed by atoms with Gasteiger partial charge in [-0.05, 0) is 18.6 Å². The van der Waals surface area contributed by atoms with Gasteiger partial charge in [0, 0.05) is 38.8 Å².